The number of hydrogen-bond donors (Lipinski definition) is 0. The summed E-state index contributed by atoms with van der Waals surface area (Å²) in [6.45, 7) is 4.22. The smallest absolute Gasteiger partial charge is 0.299 e. The van der Waals surface area contributed by atoms with Gasteiger partial charge in [-0.2, -0.15) is 26.3 Å². The summed E-state index contributed by atoms with van der Waals surface area (Å²) in [5.41, 5.74) is -2.45. The monoisotopic (exact) mass is 511 g/mol. The SMILES string of the molecule is CCCN(CCCc1c(C2(C(F)(F)F)CCC2)cccc1C1(C(F)(F)F)CCC1)Cc1ccccc1. The van der Waals surface area contributed by atoms with Crippen LogP contribution in [-0.2, 0) is 23.8 Å². The van der Waals surface area contributed by atoms with E-state index in [2.05, 4.69) is 11.8 Å². The Morgan fingerprint density at radius 1 is 0.722 bits per heavy atom. The van der Waals surface area contributed by atoms with Crippen molar-refractivity contribution in [2.75, 3.05) is 13.1 Å². The van der Waals surface area contributed by atoms with E-state index in [0.29, 0.717) is 37.9 Å². The van der Waals surface area contributed by atoms with Gasteiger partial charge in [0, 0.05) is 6.54 Å². The molecule has 36 heavy (non-hydrogen) atoms. The van der Waals surface area contributed by atoms with E-state index in [1.54, 1.807) is 0 Å². The van der Waals surface area contributed by atoms with E-state index < -0.39 is 23.2 Å². The van der Waals surface area contributed by atoms with Crippen LogP contribution in [0.25, 0.3) is 0 Å². The van der Waals surface area contributed by atoms with Gasteiger partial charge in [-0.15, -0.1) is 0 Å². The van der Waals surface area contributed by atoms with Crippen molar-refractivity contribution >= 4 is 0 Å². The molecule has 0 radical (unpaired) electrons. The zero-order valence-electron chi connectivity index (χ0n) is 20.8. The molecule has 0 amide bonds. The third-order valence-electron chi connectivity index (χ3n) is 8.40. The Bertz CT molecular complexity index is 952. The Balaban J connectivity index is 1.66. The molecular formula is C29H35F6N. The van der Waals surface area contributed by atoms with Gasteiger partial charge in [0.2, 0.25) is 0 Å². The summed E-state index contributed by atoms with van der Waals surface area (Å²) in [5.74, 6) is 0. The highest BCUT2D eigenvalue weighted by atomic mass is 19.4. The minimum absolute atomic E-state index is 0.0536. The zero-order chi connectivity index (χ0) is 26.0. The maximum atomic E-state index is 14.3. The molecule has 0 atom stereocenters. The van der Waals surface area contributed by atoms with Crippen LogP contribution in [0.1, 0.15) is 80.5 Å². The first kappa shape index (κ1) is 27.0. The predicted octanol–water partition coefficient (Wildman–Crippen LogP) is 8.50. The Morgan fingerprint density at radius 3 is 1.67 bits per heavy atom. The third kappa shape index (κ3) is 4.92. The fourth-order valence-corrected chi connectivity index (χ4v) is 6.13. The topological polar surface area (TPSA) is 3.24 Å². The second kappa shape index (κ2) is 10.4. The number of hydrogen-bond acceptors (Lipinski definition) is 1. The maximum absolute atomic E-state index is 14.3. The Morgan fingerprint density at radius 2 is 1.25 bits per heavy atom. The molecule has 4 rings (SSSR count). The van der Waals surface area contributed by atoms with Crippen LogP contribution in [0, 0.1) is 0 Å². The summed E-state index contributed by atoms with van der Waals surface area (Å²) in [4.78, 5) is 2.24. The lowest BCUT2D eigenvalue weighted by molar-refractivity contribution is -0.215. The Kier molecular flexibility index (Phi) is 7.80. The normalized spacial score (nSPS) is 19.1. The van der Waals surface area contributed by atoms with Crippen molar-refractivity contribution in [3.63, 3.8) is 0 Å². The molecule has 0 bridgehead atoms. The number of benzene rings is 2. The Labute approximate surface area is 209 Å². The molecule has 2 aromatic carbocycles. The van der Waals surface area contributed by atoms with Crippen LogP contribution in [0.15, 0.2) is 48.5 Å². The van der Waals surface area contributed by atoms with Gasteiger partial charge in [0.1, 0.15) is 0 Å². The molecular weight excluding hydrogens is 476 g/mol. The van der Waals surface area contributed by atoms with Gasteiger partial charge in [-0.25, -0.2) is 0 Å². The average molecular weight is 512 g/mol. The van der Waals surface area contributed by atoms with Crippen molar-refractivity contribution < 1.29 is 26.3 Å². The average Bonchev–Trinajstić information content (AvgIpc) is 2.72. The van der Waals surface area contributed by atoms with Gasteiger partial charge in [0.05, 0.1) is 10.8 Å². The van der Waals surface area contributed by atoms with Gasteiger partial charge >= 0.3 is 12.4 Å². The molecule has 0 spiro atoms. The van der Waals surface area contributed by atoms with Crippen molar-refractivity contribution in [2.24, 2.45) is 0 Å². The van der Waals surface area contributed by atoms with Crippen molar-refractivity contribution in [2.45, 2.75) is 94.4 Å². The summed E-state index contributed by atoms with van der Waals surface area (Å²) >= 11 is 0. The summed E-state index contributed by atoms with van der Waals surface area (Å²) in [6.07, 6.45) is -6.65. The van der Waals surface area contributed by atoms with E-state index in [1.165, 1.54) is 18.2 Å². The minimum atomic E-state index is -4.48. The van der Waals surface area contributed by atoms with Gasteiger partial charge in [0.25, 0.3) is 0 Å². The molecule has 1 nitrogen and oxygen atoms in total. The van der Waals surface area contributed by atoms with Crippen LogP contribution in [0.4, 0.5) is 26.3 Å². The second-order valence-electron chi connectivity index (χ2n) is 10.6. The molecule has 0 N–H and O–H groups in total. The first-order valence-electron chi connectivity index (χ1n) is 13.1. The van der Waals surface area contributed by atoms with E-state index in [0.717, 1.165) is 18.5 Å². The Hall–Kier alpha value is -2.02. The van der Waals surface area contributed by atoms with Crippen LogP contribution >= 0.6 is 0 Å². The molecule has 198 valence electrons. The minimum Gasteiger partial charge on any atom is -0.299 e. The molecule has 0 unspecified atom stereocenters. The van der Waals surface area contributed by atoms with E-state index in [1.807, 2.05) is 30.3 Å². The molecule has 0 aliphatic heterocycles. The summed E-state index contributed by atoms with van der Waals surface area (Å²) in [5, 5.41) is 0. The summed E-state index contributed by atoms with van der Waals surface area (Å²) in [7, 11) is 0. The highest BCUT2D eigenvalue weighted by molar-refractivity contribution is 5.48. The van der Waals surface area contributed by atoms with Gasteiger partial charge in [-0.3, -0.25) is 4.90 Å². The van der Waals surface area contributed by atoms with Crippen molar-refractivity contribution in [3.05, 3.63) is 70.8 Å². The van der Waals surface area contributed by atoms with Crippen LogP contribution in [0.5, 0.6) is 0 Å². The molecule has 0 aromatic heterocycles. The molecule has 0 heterocycles. The molecule has 2 fully saturated rings. The molecule has 2 saturated carbocycles. The molecule has 7 heteroatoms. The van der Waals surface area contributed by atoms with E-state index >= 15 is 0 Å². The van der Waals surface area contributed by atoms with Gasteiger partial charge in [0.15, 0.2) is 0 Å². The fourth-order valence-electron chi connectivity index (χ4n) is 6.13. The van der Waals surface area contributed by atoms with Gasteiger partial charge in [-0.1, -0.05) is 68.3 Å². The van der Waals surface area contributed by atoms with Gasteiger partial charge < -0.3 is 0 Å². The molecule has 0 saturated heterocycles. The van der Waals surface area contributed by atoms with E-state index in [4.69, 9.17) is 0 Å². The van der Waals surface area contributed by atoms with Crippen LogP contribution in [-0.4, -0.2) is 30.3 Å². The van der Waals surface area contributed by atoms with Crippen LogP contribution in [0.3, 0.4) is 0 Å². The number of alkyl halides is 6. The van der Waals surface area contributed by atoms with Crippen molar-refractivity contribution in [1.82, 2.24) is 4.90 Å². The maximum Gasteiger partial charge on any atom is 0.398 e. The first-order chi connectivity index (χ1) is 17.0. The van der Waals surface area contributed by atoms with Crippen LogP contribution < -0.4 is 0 Å². The molecule has 2 aliphatic rings. The lowest BCUT2D eigenvalue weighted by atomic mass is 9.58. The number of nitrogens with zero attached hydrogens (tertiary/aromatic N) is 1. The third-order valence-corrected chi connectivity index (χ3v) is 8.40. The highest BCUT2D eigenvalue weighted by Crippen LogP contribution is 2.59. The highest BCUT2D eigenvalue weighted by Gasteiger charge is 2.63. The largest absolute Gasteiger partial charge is 0.398 e. The van der Waals surface area contributed by atoms with Crippen molar-refractivity contribution in [3.8, 4) is 0 Å². The summed E-state index contributed by atoms with van der Waals surface area (Å²) < 4.78 is 86.1. The zero-order valence-corrected chi connectivity index (χ0v) is 20.8. The molecule has 2 aliphatic carbocycles. The van der Waals surface area contributed by atoms with E-state index in [9.17, 15) is 26.3 Å². The predicted molar refractivity (Wildman–Crippen MR) is 130 cm³/mol. The lowest BCUT2D eigenvalue weighted by Crippen LogP contribution is -2.51. The summed E-state index contributed by atoms with van der Waals surface area (Å²) in [6, 6.07) is 14.3. The quantitative estimate of drug-likeness (QED) is 0.289. The first-order valence-corrected chi connectivity index (χ1v) is 13.1. The number of halogens is 6. The molecule has 2 aromatic rings. The number of rotatable bonds is 10. The van der Waals surface area contributed by atoms with Crippen LogP contribution in [0.2, 0.25) is 0 Å². The fraction of sp³-hybridized carbons (Fsp3) is 0.586. The van der Waals surface area contributed by atoms with Crippen molar-refractivity contribution in [1.29, 1.82) is 0 Å². The standard InChI is InChI=1S/C29H35F6N/c1-2-19-36(21-22-10-4-3-5-11-22)20-7-12-23-24(26(15-8-16-26)28(30,31)32)13-6-14-25(23)27(17-9-18-27)29(33,34)35/h3-6,10-11,13-14H,2,7-9,12,15-21H2,1H3. The lowest BCUT2D eigenvalue weighted by Gasteiger charge is -2.48. The van der Waals surface area contributed by atoms with E-state index in [-0.39, 0.29) is 43.2 Å². The van der Waals surface area contributed by atoms with Gasteiger partial charge in [-0.05, 0) is 80.3 Å². The second-order valence-corrected chi connectivity index (χ2v) is 10.6.